The molecule has 2 aromatic rings. The van der Waals surface area contributed by atoms with Gasteiger partial charge in [-0.1, -0.05) is 30.3 Å². The second-order valence-corrected chi connectivity index (χ2v) is 10.00. The van der Waals surface area contributed by atoms with Crippen molar-refractivity contribution in [1.82, 2.24) is 9.21 Å². The van der Waals surface area contributed by atoms with E-state index in [0.29, 0.717) is 45.4 Å². The van der Waals surface area contributed by atoms with Crippen LogP contribution in [0.25, 0.3) is 10.8 Å². The minimum Gasteiger partial charge on any atom is -0.369 e. The SMILES string of the molecule is CCN(CC)C(=O)C(CC1CCN(S(=O)(=O)c2ccc3ccccc3c2)CC1)C(N)=O. The molecule has 1 atom stereocenters. The van der Waals surface area contributed by atoms with Gasteiger partial charge in [-0.2, -0.15) is 4.31 Å². The van der Waals surface area contributed by atoms with Gasteiger partial charge in [-0.25, -0.2) is 8.42 Å². The summed E-state index contributed by atoms with van der Waals surface area (Å²) in [7, 11) is -3.59. The summed E-state index contributed by atoms with van der Waals surface area (Å²) in [5.41, 5.74) is 5.53. The van der Waals surface area contributed by atoms with Crippen LogP contribution in [0.2, 0.25) is 0 Å². The van der Waals surface area contributed by atoms with Crippen molar-refractivity contribution in [3.8, 4) is 0 Å². The van der Waals surface area contributed by atoms with E-state index in [9.17, 15) is 18.0 Å². The van der Waals surface area contributed by atoms with E-state index in [4.69, 9.17) is 5.73 Å². The van der Waals surface area contributed by atoms with Crippen LogP contribution in [0, 0.1) is 11.8 Å². The van der Waals surface area contributed by atoms with Gasteiger partial charge in [0.05, 0.1) is 4.90 Å². The Morgan fingerprint density at radius 2 is 1.68 bits per heavy atom. The van der Waals surface area contributed by atoms with Gasteiger partial charge in [-0.3, -0.25) is 9.59 Å². The minimum atomic E-state index is -3.59. The third-order valence-corrected chi connectivity index (χ3v) is 8.11. The summed E-state index contributed by atoms with van der Waals surface area (Å²) in [4.78, 5) is 26.5. The van der Waals surface area contributed by atoms with Crippen LogP contribution in [-0.4, -0.2) is 55.6 Å². The first kappa shape index (κ1) is 23.2. The molecule has 7 nitrogen and oxygen atoms in total. The first-order valence-corrected chi connectivity index (χ1v) is 12.3. The molecule has 1 aliphatic heterocycles. The number of sulfonamides is 1. The van der Waals surface area contributed by atoms with Crippen molar-refractivity contribution in [2.24, 2.45) is 17.6 Å². The van der Waals surface area contributed by atoms with E-state index in [0.717, 1.165) is 10.8 Å². The Kier molecular flexibility index (Phi) is 7.33. The highest BCUT2D eigenvalue weighted by molar-refractivity contribution is 7.89. The van der Waals surface area contributed by atoms with Crippen LogP contribution in [0.15, 0.2) is 47.4 Å². The zero-order chi connectivity index (χ0) is 22.6. The summed E-state index contributed by atoms with van der Waals surface area (Å²) in [5.74, 6) is -1.61. The highest BCUT2D eigenvalue weighted by Crippen LogP contribution is 2.29. The van der Waals surface area contributed by atoms with Crippen LogP contribution < -0.4 is 5.73 Å². The van der Waals surface area contributed by atoms with Crippen molar-refractivity contribution in [2.75, 3.05) is 26.2 Å². The van der Waals surface area contributed by atoms with Gasteiger partial charge >= 0.3 is 0 Å². The van der Waals surface area contributed by atoms with Gasteiger partial charge in [0.2, 0.25) is 21.8 Å². The largest absolute Gasteiger partial charge is 0.369 e. The van der Waals surface area contributed by atoms with Crippen LogP contribution in [0.4, 0.5) is 0 Å². The molecule has 3 rings (SSSR count). The number of primary amides is 1. The first-order valence-electron chi connectivity index (χ1n) is 10.8. The molecule has 2 N–H and O–H groups in total. The van der Waals surface area contributed by atoms with Crippen molar-refractivity contribution in [3.05, 3.63) is 42.5 Å². The van der Waals surface area contributed by atoms with Crippen molar-refractivity contribution >= 4 is 32.6 Å². The molecular formula is C23H31N3O4S. The van der Waals surface area contributed by atoms with Crippen molar-refractivity contribution in [1.29, 1.82) is 0 Å². The number of piperidine rings is 1. The predicted octanol–water partition coefficient (Wildman–Crippen LogP) is 2.60. The van der Waals surface area contributed by atoms with Crippen molar-refractivity contribution in [2.45, 2.75) is 38.0 Å². The molecule has 1 heterocycles. The number of carbonyl (C=O) groups excluding carboxylic acids is 2. The van der Waals surface area contributed by atoms with E-state index in [1.165, 1.54) is 4.31 Å². The number of rotatable bonds is 8. The number of carbonyl (C=O) groups is 2. The Morgan fingerprint density at radius 1 is 1.06 bits per heavy atom. The second kappa shape index (κ2) is 9.78. The highest BCUT2D eigenvalue weighted by atomic mass is 32.2. The quantitative estimate of drug-likeness (QED) is 0.631. The summed E-state index contributed by atoms with van der Waals surface area (Å²) in [5, 5.41) is 1.88. The number of hydrogen-bond acceptors (Lipinski definition) is 4. The summed E-state index contributed by atoms with van der Waals surface area (Å²) in [6, 6.07) is 12.8. The molecule has 168 valence electrons. The molecular weight excluding hydrogens is 414 g/mol. The Labute approximate surface area is 184 Å². The molecule has 0 bridgehead atoms. The van der Waals surface area contributed by atoms with Crippen LogP contribution in [0.5, 0.6) is 0 Å². The fraction of sp³-hybridized carbons (Fsp3) is 0.478. The van der Waals surface area contributed by atoms with Gasteiger partial charge in [0.25, 0.3) is 0 Å². The molecule has 0 saturated carbocycles. The van der Waals surface area contributed by atoms with Crippen LogP contribution in [-0.2, 0) is 19.6 Å². The maximum absolute atomic E-state index is 13.1. The number of fused-ring (bicyclic) bond motifs is 1. The fourth-order valence-electron chi connectivity index (χ4n) is 4.29. The average molecular weight is 446 g/mol. The highest BCUT2D eigenvalue weighted by Gasteiger charge is 2.34. The lowest BCUT2D eigenvalue weighted by Gasteiger charge is -2.33. The Balaban J connectivity index is 1.67. The van der Waals surface area contributed by atoms with Gasteiger partial charge in [-0.15, -0.1) is 0 Å². The van der Waals surface area contributed by atoms with E-state index in [-0.39, 0.29) is 16.7 Å². The number of hydrogen-bond donors (Lipinski definition) is 1. The van der Waals surface area contributed by atoms with Gasteiger partial charge in [0.15, 0.2) is 0 Å². The molecule has 1 saturated heterocycles. The number of nitrogens with zero attached hydrogens (tertiary/aromatic N) is 2. The third-order valence-electron chi connectivity index (χ3n) is 6.22. The fourth-order valence-corrected chi connectivity index (χ4v) is 5.80. The van der Waals surface area contributed by atoms with Crippen LogP contribution in [0.3, 0.4) is 0 Å². The summed E-state index contributed by atoms with van der Waals surface area (Å²) >= 11 is 0. The van der Waals surface area contributed by atoms with E-state index in [1.807, 2.05) is 44.2 Å². The van der Waals surface area contributed by atoms with Crippen LogP contribution in [0.1, 0.15) is 33.1 Å². The molecule has 8 heteroatoms. The predicted molar refractivity (Wildman–Crippen MR) is 121 cm³/mol. The molecule has 1 fully saturated rings. The van der Waals surface area contributed by atoms with Crippen molar-refractivity contribution < 1.29 is 18.0 Å². The third kappa shape index (κ3) is 5.07. The normalized spacial score (nSPS) is 16.8. The Hall–Kier alpha value is -2.45. The summed E-state index contributed by atoms with van der Waals surface area (Å²) in [6.07, 6.45) is 1.57. The molecule has 2 aromatic carbocycles. The zero-order valence-electron chi connectivity index (χ0n) is 18.2. The smallest absolute Gasteiger partial charge is 0.243 e. The molecule has 1 unspecified atom stereocenters. The monoisotopic (exact) mass is 445 g/mol. The summed E-state index contributed by atoms with van der Waals surface area (Å²) in [6.45, 7) is 5.53. The van der Waals surface area contributed by atoms with Gasteiger partial charge in [0, 0.05) is 26.2 Å². The lowest BCUT2D eigenvalue weighted by molar-refractivity contribution is -0.141. The van der Waals surface area contributed by atoms with E-state index >= 15 is 0 Å². The maximum atomic E-state index is 13.1. The molecule has 0 spiro atoms. The number of nitrogens with two attached hydrogens (primary N) is 1. The molecule has 1 aliphatic rings. The molecule has 0 aliphatic carbocycles. The van der Waals surface area contributed by atoms with E-state index < -0.39 is 21.8 Å². The zero-order valence-corrected chi connectivity index (χ0v) is 19.0. The average Bonchev–Trinajstić information content (AvgIpc) is 2.78. The Bertz CT molecular complexity index is 1040. The lowest BCUT2D eigenvalue weighted by atomic mass is 9.86. The van der Waals surface area contributed by atoms with Gasteiger partial charge in [-0.05, 0) is 61.9 Å². The number of benzene rings is 2. The van der Waals surface area contributed by atoms with Gasteiger partial charge in [0.1, 0.15) is 5.92 Å². The summed E-state index contributed by atoms with van der Waals surface area (Å²) < 4.78 is 27.8. The molecule has 31 heavy (non-hydrogen) atoms. The number of amides is 2. The van der Waals surface area contributed by atoms with Crippen molar-refractivity contribution in [3.63, 3.8) is 0 Å². The van der Waals surface area contributed by atoms with Crippen LogP contribution >= 0.6 is 0 Å². The van der Waals surface area contributed by atoms with E-state index in [1.54, 1.807) is 17.0 Å². The second-order valence-electron chi connectivity index (χ2n) is 8.06. The molecule has 2 amide bonds. The topological polar surface area (TPSA) is 101 Å². The van der Waals surface area contributed by atoms with E-state index in [2.05, 4.69) is 0 Å². The standard InChI is InChI=1S/C23H31N3O4S/c1-3-25(4-2)23(28)21(22(24)27)15-17-11-13-26(14-12-17)31(29,30)20-10-9-18-7-5-6-8-19(18)16-20/h5-10,16-17,21H,3-4,11-15H2,1-2H3,(H2,24,27). The lowest BCUT2D eigenvalue weighted by Crippen LogP contribution is -2.44. The molecule has 0 aromatic heterocycles. The molecule has 0 radical (unpaired) electrons. The minimum absolute atomic E-state index is 0.0834. The van der Waals surface area contributed by atoms with Gasteiger partial charge < -0.3 is 10.6 Å². The maximum Gasteiger partial charge on any atom is 0.243 e. The Morgan fingerprint density at radius 3 is 2.26 bits per heavy atom. The first-order chi connectivity index (χ1) is 14.8.